The van der Waals surface area contributed by atoms with Gasteiger partial charge in [-0.25, -0.2) is 8.42 Å². The standard InChI is InChI=1S/C23H22ClF3N2O2S/c24-21-6-5-15(12-20(21)23(25,26)27)16-7-9-28-18(11-16)8-10-32(30,31)14-17-13-29-22-4-2-1-3-19(17)22/h1-7,12-13,18,28-29H,8-11,14H2. The van der Waals surface area contributed by atoms with Crippen LogP contribution >= 0.6 is 11.6 Å². The predicted octanol–water partition coefficient (Wildman–Crippen LogP) is 5.59. The second-order valence-electron chi connectivity index (χ2n) is 7.97. The Balaban J connectivity index is 1.41. The number of rotatable bonds is 6. The first-order valence-electron chi connectivity index (χ1n) is 10.2. The van der Waals surface area contributed by atoms with E-state index < -0.39 is 21.6 Å². The summed E-state index contributed by atoms with van der Waals surface area (Å²) in [5.41, 5.74) is 1.97. The summed E-state index contributed by atoms with van der Waals surface area (Å²) < 4.78 is 65.0. The highest BCUT2D eigenvalue weighted by Gasteiger charge is 2.33. The van der Waals surface area contributed by atoms with E-state index in [-0.39, 0.29) is 22.6 Å². The zero-order chi connectivity index (χ0) is 22.9. The van der Waals surface area contributed by atoms with Crippen LogP contribution in [0.25, 0.3) is 16.5 Å². The van der Waals surface area contributed by atoms with Crippen LogP contribution in [0.3, 0.4) is 0 Å². The average molecular weight is 483 g/mol. The molecule has 1 aliphatic rings. The maximum Gasteiger partial charge on any atom is 0.417 e. The zero-order valence-corrected chi connectivity index (χ0v) is 18.6. The van der Waals surface area contributed by atoms with Gasteiger partial charge in [-0.05, 0) is 47.7 Å². The number of alkyl halides is 3. The van der Waals surface area contributed by atoms with Gasteiger partial charge >= 0.3 is 6.18 Å². The lowest BCUT2D eigenvalue weighted by atomic mass is 9.93. The lowest BCUT2D eigenvalue weighted by Crippen LogP contribution is -2.34. The molecule has 4 rings (SSSR count). The maximum atomic E-state index is 13.2. The third-order valence-electron chi connectivity index (χ3n) is 5.69. The van der Waals surface area contributed by atoms with E-state index in [2.05, 4.69) is 10.3 Å². The molecule has 0 saturated carbocycles. The molecule has 3 aromatic rings. The number of sulfone groups is 1. The van der Waals surface area contributed by atoms with Crippen LogP contribution in [0.5, 0.6) is 0 Å². The summed E-state index contributed by atoms with van der Waals surface area (Å²) in [7, 11) is -3.35. The maximum absolute atomic E-state index is 13.2. The number of aromatic nitrogens is 1. The number of nitrogens with one attached hydrogen (secondary N) is 2. The smallest absolute Gasteiger partial charge is 0.361 e. The van der Waals surface area contributed by atoms with Gasteiger partial charge in [0, 0.05) is 29.7 Å². The van der Waals surface area contributed by atoms with Crippen molar-refractivity contribution in [3.8, 4) is 0 Å². The van der Waals surface area contributed by atoms with E-state index in [0.29, 0.717) is 24.9 Å². The van der Waals surface area contributed by atoms with Crippen molar-refractivity contribution >= 4 is 37.9 Å². The van der Waals surface area contributed by atoms with Gasteiger partial charge in [-0.3, -0.25) is 0 Å². The van der Waals surface area contributed by atoms with Crippen LogP contribution in [0.2, 0.25) is 5.02 Å². The number of H-pyrrole nitrogens is 1. The molecule has 0 radical (unpaired) electrons. The molecule has 1 atom stereocenters. The summed E-state index contributed by atoms with van der Waals surface area (Å²) in [6, 6.07) is 11.3. The van der Waals surface area contributed by atoms with Crippen molar-refractivity contribution in [2.24, 2.45) is 0 Å². The van der Waals surface area contributed by atoms with Crippen molar-refractivity contribution in [3.05, 3.63) is 76.5 Å². The van der Waals surface area contributed by atoms with Crippen molar-refractivity contribution in [3.63, 3.8) is 0 Å². The molecule has 1 unspecified atom stereocenters. The SMILES string of the molecule is O=S(=O)(CCC1CC(c2ccc(Cl)c(C(F)(F)F)c2)=CCN1)Cc1c[nH]c2ccccc12. The highest BCUT2D eigenvalue weighted by Crippen LogP contribution is 2.37. The number of benzene rings is 2. The van der Waals surface area contributed by atoms with E-state index in [1.54, 1.807) is 12.3 Å². The molecule has 0 fully saturated rings. The fraction of sp³-hybridized carbons (Fsp3) is 0.304. The number of aromatic amines is 1. The Kier molecular flexibility index (Phi) is 6.38. The third kappa shape index (κ3) is 5.19. The molecule has 1 aromatic heterocycles. The Morgan fingerprint density at radius 1 is 1.12 bits per heavy atom. The number of hydrogen-bond donors (Lipinski definition) is 2. The summed E-state index contributed by atoms with van der Waals surface area (Å²) in [6.45, 7) is 0.465. The number of halogens is 4. The highest BCUT2D eigenvalue weighted by atomic mass is 35.5. The van der Waals surface area contributed by atoms with Gasteiger partial charge < -0.3 is 10.3 Å². The second-order valence-corrected chi connectivity index (χ2v) is 10.6. The molecule has 9 heteroatoms. The van der Waals surface area contributed by atoms with E-state index in [0.717, 1.165) is 28.1 Å². The molecule has 2 N–H and O–H groups in total. The highest BCUT2D eigenvalue weighted by molar-refractivity contribution is 7.90. The third-order valence-corrected chi connectivity index (χ3v) is 7.63. The molecule has 0 aliphatic carbocycles. The average Bonchev–Trinajstić information content (AvgIpc) is 3.14. The van der Waals surface area contributed by atoms with Crippen LogP contribution in [0.15, 0.2) is 54.7 Å². The van der Waals surface area contributed by atoms with Crippen LogP contribution in [0.1, 0.15) is 29.5 Å². The van der Waals surface area contributed by atoms with Gasteiger partial charge in [0.1, 0.15) is 0 Å². The largest absolute Gasteiger partial charge is 0.417 e. The second kappa shape index (κ2) is 8.92. The van der Waals surface area contributed by atoms with Crippen LogP contribution in [-0.4, -0.2) is 31.7 Å². The molecule has 32 heavy (non-hydrogen) atoms. The topological polar surface area (TPSA) is 62.0 Å². The Morgan fingerprint density at radius 3 is 2.69 bits per heavy atom. The minimum Gasteiger partial charge on any atom is -0.361 e. The van der Waals surface area contributed by atoms with Crippen LogP contribution in [0, 0.1) is 0 Å². The van der Waals surface area contributed by atoms with Crippen LogP contribution in [0.4, 0.5) is 13.2 Å². The van der Waals surface area contributed by atoms with E-state index in [1.807, 2.05) is 30.3 Å². The first kappa shape index (κ1) is 22.9. The summed E-state index contributed by atoms with van der Waals surface area (Å²) in [4.78, 5) is 3.09. The minimum atomic E-state index is -4.53. The van der Waals surface area contributed by atoms with Gasteiger partial charge in [0.15, 0.2) is 9.84 Å². The van der Waals surface area contributed by atoms with Gasteiger partial charge in [0.2, 0.25) is 0 Å². The Hall–Kier alpha value is -2.29. The van der Waals surface area contributed by atoms with E-state index >= 15 is 0 Å². The van der Waals surface area contributed by atoms with Crippen LogP contribution < -0.4 is 5.32 Å². The minimum absolute atomic E-state index is 0.00806. The predicted molar refractivity (Wildman–Crippen MR) is 121 cm³/mol. The van der Waals surface area contributed by atoms with E-state index in [4.69, 9.17) is 11.6 Å². The van der Waals surface area contributed by atoms with Crippen molar-refractivity contribution in [1.29, 1.82) is 0 Å². The molecule has 1 aliphatic heterocycles. The first-order chi connectivity index (χ1) is 15.1. The number of fused-ring (bicyclic) bond motifs is 1. The summed E-state index contributed by atoms with van der Waals surface area (Å²) in [6.07, 6.45) is -0.152. The molecule has 4 nitrogen and oxygen atoms in total. The van der Waals surface area contributed by atoms with Crippen molar-refractivity contribution in [2.45, 2.75) is 30.8 Å². The first-order valence-corrected chi connectivity index (χ1v) is 12.4. The van der Waals surface area contributed by atoms with Crippen molar-refractivity contribution < 1.29 is 21.6 Å². The van der Waals surface area contributed by atoms with Crippen LogP contribution in [-0.2, 0) is 21.8 Å². The Bertz CT molecular complexity index is 1270. The zero-order valence-electron chi connectivity index (χ0n) is 17.0. The molecule has 170 valence electrons. The molecule has 0 bridgehead atoms. The van der Waals surface area contributed by atoms with Gasteiger partial charge in [-0.1, -0.05) is 41.9 Å². The molecule has 2 heterocycles. The van der Waals surface area contributed by atoms with Gasteiger partial charge in [0.25, 0.3) is 0 Å². The Labute approximate surface area is 189 Å². The molecule has 0 saturated heterocycles. The summed E-state index contributed by atoms with van der Waals surface area (Å²) in [5, 5.41) is 3.79. The van der Waals surface area contributed by atoms with E-state index in [1.165, 1.54) is 6.07 Å². The van der Waals surface area contributed by atoms with Gasteiger partial charge in [-0.2, -0.15) is 13.2 Å². The fourth-order valence-electron chi connectivity index (χ4n) is 4.03. The number of hydrogen-bond acceptors (Lipinski definition) is 3. The molecule has 0 spiro atoms. The Morgan fingerprint density at radius 2 is 1.91 bits per heavy atom. The van der Waals surface area contributed by atoms with Crippen molar-refractivity contribution in [2.75, 3.05) is 12.3 Å². The van der Waals surface area contributed by atoms with Gasteiger partial charge in [0.05, 0.1) is 22.1 Å². The quantitative estimate of drug-likeness (QED) is 0.481. The van der Waals surface area contributed by atoms with Gasteiger partial charge in [-0.15, -0.1) is 0 Å². The summed E-state index contributed by atoms with van der Waals surface area (Å²) in [5.74, 6) is -0.0651. The fourth-order valence-corrected chi connectivity index (χ4v) is 5.76. The molecule has 2 aromatic carbocycles. The van der Waals surface area contributed by atoms with Crippen molar-refractivity contribution in [1.82, 2.24) is 10.3 Å². The molecular weight excluding hydrogens is 461 g/mol. The van der Waals surface area contributed by atoms with E-state index in [9.17, 15) is 21.6 Å². The monoisotopic (exact) mass is 482 g/mol. The molecular formula is C23H22ClF3N2O2S. The lowest BCUT2D eigenvalue weighted by Gasteiger charge is -2.25. The molecule has 0 amide bonds. The summed E-state index contributed by atoms with van der Waals surface area (Å²) >= 11 is 5.72. The lowest BCUT2D eigenvalue weighted by molar-refractivity contribution is -0.137. The number of para-hydroxylation sites is 1. The normalized spacial score (nSPS) is 17.5.